The predicted molar refractivity (Wildman–Crippen MR) is 68.8 cm³/mol. The van der Waals surface area contributed by atoms with Gasteiger partial charge in [0, 0.05) is 37.7 Å². The van der Waals surface area contributed by atoms with Gasteiger partial charge in [-0.05, 0) is 32.7 Å². The van der Waals surface area contributed by atoms with Gasteiger partial charge in [-0.1, -0.05) is 0 Å². The summed E-state index contributed by atoms with van der Waals surface area (Å²) in [6.07, 6.45) is 6.73. The number of aromatic nitrogens is 2. The highest BCUT2D eigenvalue weighted by atomic mass is 16.2. The summed E-state index contributed by atoms with van der Waals surface area (Å²) in [5.41, 5.74) is 1.09. The fraction of sp³-hybridized carbons (Fsp3) is 0.667. The molecule has 0 saturated carbocycles. The lowest BCUT2D eigenvalue weighted by Crippen LogP contribution is -2.15. The molecule has 96 valence electrons. The van der Waals surface area contributed by atoms with E-state index in [1.54, 1.807) is 0 Å². The monoisotopic (exact) mass is 238 g/mol. The maximum Gasteiger partial charge on any atom is 0.222 e. The Balaban J connectivity index is 2.14. The van der Waals surface area contributed by atoms with Crippen molar-refractivity contribution < 1.29 is 5.11 Å². The minimum absolute atomic E-state index is 0.291. The number of nitrogens with zero attached hydrogens (tertiary/aromatic N) is 2. The number of rotatable bonds is 9. The second-order valence-corrected chi connectivity index (χ2v) is 3.91. The van der Waals surface area contributed by atoms with E-state index in [-0.39, 0.29) is 0 Å². The summed E-state index contributed by atoms with van der Waals surface area (Å²) in [6, 6.07) is 0. The Hall–Kier alpha value is -1.20. The van der Waals surface area contributed by atoms with Crippen LogP contribution in [-0.2, 0) is 6.54 Å². The average Bonchev–Trinajstić information content (AvgIpc) is 2.36. The highest BCUT2D eigenvalue weighted by Gasteiger charge is 1.96. The third kappa shape index (κ3) is 6.19. The third-order valence-electron chi connectivity index (χ3n) is 2.38. The van der Waals surface area contributed by atoms with Gasteiger partial charge in [0.2, 0.25) is 5.95 Å². The first kappa shape index (κ1) is 13.9. The molecule has 1 aromatic heterocycles. The van der Waals surface area contributed by atoms with Gasteiger partial charge in [-0.15, -0.1) is 0 Å². The lowest BCUT2D eigenvalue weighted by molar-refractivity contribution is 0.283. The van der Waals surface area contributed by atoms with E-state index in [1.165, 1.54) is 0 Å². The maximum absolute atomic E-state index is 8.63. The Morgan fingerprint density at radius 3 is 2.59 bits per heavy atom. The van der Waals surface area contributed by atoms with Gasteiger partial charge in [0.05, 0.1) is 0 Å². The molecule has 0 aromatic carbocycles. The van der Waals surface area contributed by atoms with E-state index in [4.69, 9.17) is 5.11 Å². The molecule has 1 heterocycles. The third-order valence-corrected chi connectivity index (χ3v) is 2.38. The normalized spacial score (nSPS) is 10.5. The molecule has 0 spiro atoms. The van der Waals surface area contributed by atoms with Crippen molar-refractivity contribution in [1.29, 1.82) is 0 Å². The Bertz CT molecular complexity index is 289. The smallest absolute Gasteiger partial charge is 0.222 e. The number of aliphatic hydroxyl groups excluding tert-OH is 1. The number of hydrogen-bond donors (Lipinski definition) is 3. The van der Waals surface area contributed by atoms with Crippen LogP contribution in [0.15, 0.2) is 12.4 Å². The van der Waals surface area contributed by atoms with Crippen molar-refractivity contribution in [3.63, 3.8) is 0 Å². The average molecular weight is 238 g/mol. The molecule has 0 bridgehead atoms. The Labute approximate surface area is 103 Å². The van der Waals surface area contributed by atoms with Gasteiger partial charge in [-0.25, -0.2) is 9.97 Å². The molecule has 0 saturated heterocycles. The topological polar surface area (TPSA) is 70.1 Å². The summed E-state index contributed by atoms with van der Waals surface area (Å²) in [7, 11) is 0. The van der Waals surface area contributed by atoms with Gasteiger partial charge in [0.15, 0.2) is 0 Å². The van der Waals surface area contributed by atoms with Gasteiger partial charge in [-0.2, -0.15) is 0 Å². The quantitative estimate of drug-likeness (QED) is 0.563. The van der Waals surface area contributed by atoms with Crippen LogP contribution in [-0.4, -0.2) is 34.8 Å². The molecule has 5 nitrogen and oxygen atoms in total. The molecular weight excluding hydrogens is 216 g/mol. The summed E-state index contributed by atoms with van der Waals surface area (Å²) < 4.78 is 0. The largest absolute Gasteiger partial charge is 0.396 e. The van der Waals surface area contributed by atoms with E-state index < -0.39 is 0 Å². The first-order valence-electron chi connectivity index (χ1n) is 6.23. The number of nitrogens with one attached hydrogen (secondary N) is 2. The second kappa shape index (κ2) is 8.90. The zero-order valence-electron chi connectivity index (χ0n) is 10.4. The zero-order valence-corrected chi connectivity index (χ0v) is 10.4. The van der Waals surface area contributed by atoms with E-state index in [1.807, 2.05) is 19.3 Å². The van der Waals surface area contributed by atoms with E-state index in [0.29, 0.717) is 12.6 Å². The van der Waals surface area contributed by atoms with E-state index in [9.17, 15) is 0 Å². The van der Waals surface area contributed by atoms with Crippen LogP contribution >= 0.6 is 0 Å². The first-order chi connectivity index (χ1) is 8.36. The SMILES string of the molecule is CCNc1ncc(CNCCCCCO)cn1. The summed E-state index contributed by atoms with van der Waals surface area (Å²) in [5, 5.41) is 15.0. The molecule has 0 radical (unpaired) electrons. The van der Waals surface area contributed by atoms with E-state index in [0.717, 1.165) is 44.5 Å². The maximum atomic E-state index is 8.63. The Morgan fingerprint density at radius 1 is 1.18 bits per heavy atom. The molecule has 0 amide bonds. The van der Waals surface area contributed by atoms with Crippen molar-refractivity contribution in [2.45, 2.75) is 32.7 Å². The molecule has 0 fully saturated rings. The van der Waals surface area contributed by atoms with Crippen LogP contribution in [0.25, 0.3) is 0 Å². The Morgan fingerprint density at radius 2 is 1.94 bits per heavy atom. The number of anilines is 1. The Kier molecular flexibility index (Phi) is 7.25. The lowest BCUT2D eigenvalue weighted by atomic mass is 10.2. The standard InChI is InChI=1S/C12H22N4O/c1-2-14-12-15-9-11(10-16-12)8-13-6-4-3-5-7-17/h9-10,13,17H,2-8H2,1H3,(H,14,15,16). The molecule has 3 N–H and O–H groups in total. The predicted octanol–water partition coefficient (Wildman–Crippen LogP) is 1.16. The minimum atomic E-state index is 0.291. The zero-order chi connectivity index (χ0) is 12.3. The molecular formula is C12H22N4O. The number of unbranched alkanes of at least 4 members (excludes halogenated alkanes) is 2. The van der Waals surface area contributed by atoms with Gasteiger partial charge < -0.3 is 15.7 Å². The summed E-state index contributed by atoms with van der Waals surface area (Å²) in [5.74, 6) is 0.680. The molecule has 0 aliphatic carbocycles. The van der Waals surface area contributed by atoms with Crippen molar-refractivity contribution in [3.8, 4) is 0 Å². The summed E-state index contributed by atoms with van der Waals surface area (Å²) in [6.45, 7) is 4.91. The highest BCUT2D eigenvalue weighted by Crippen LogP contribution is 2.00. The van der Waals surface area contributed by atoms with E-state index in [2.05, 4.69) is 20.6 Å². The summed E-state index contributed by atoms with van der Waals surface area (Å²) >= 11 is 0. The van der Waals surface area contributed by atoms with Crippen LogP contribution in [0.5, 0.6) is 0 Å². The van der Waals surface area contributed by atoms with Crippen LogP contribution in [0.3, 0.4) is 0 Å². The second-order valence-electron chi connectivity index (χ2n) is 3.91. The van der Waals surface area contributed by atoms with Crippen LogP contribution in [0.4, 0.5) is 5.95 Å². The van der Waals surface area contributed by atoms with E-state index >= 15 is 0 Å². The van der Waals surface area contributed by atoms with Crippen LogP contribution in [0.2, 0.25) is 0 Å². The highest BCUT2D eigenvalue weighted by molar-refractivity contribution is 5.24. The fourth-order valence-electron chi connectivity index (χ4n) is 1.47. The van der Waals surface area contributed by atoms with Crippen LogP contribution in [0.1, 0.15) is 31.7 Å². The number of aliphatic hydroxyl groups is 1. The van der Waals surface area contributed by atoms with Gasteiger partial charge in [0.1, 0.15) is 0 Å². The van der Waals surface area contributed by atoms with Crippen molar-refractivity contribution in [2.75, 3.05) is 25.0 Å². The van der Waals surface area contributed by atoms with Crippen molar-refractivity contribution >= 4 is 5.95 Å². The van der Waals surface area contributed by atoms with Crippen LogP contribution in [0, 0.1) is 0 Å². The van der Waals surface area contributed by atoms with Crippen molar-refractivity contribution in [3.05, 3.63) is 18.0 Å². The summed E-state index contributed by atoms with van der Waals surface area (Å²) in [4.78, 5) is 8.40. The molecule has 17 heavy (non-hydrogen) atoms. The van der Waals surface area contributed by atoms with Crippen molar-refractivity contribution in [2.24, 2.45) is 0 Å². The fourth-order valence-corrected chi connectivity index (χ4v) is 1.47. The molecule has 5 heteroatoms. The molecule has 0 unspecified atom stereocenters. The van der Waals surface area contributed by atoms with Gasteiger partial charge >= 0.3 is 0 Å². The molecule has 0 atom stereocenters. The van der Waals surface area contributed by atoms with Gasteiger partial charge in [-0.3, -0.25) is 0 Å². The molecule has 1 rings (SSSR count). The molecule has 0 aliphatic rings. The molecule has 1 aromatic rings. The van der Waals surface area contributed by atoms with Crippen LogP contribution < -0.4 is 10.6 Å². The lowest BCUT2D eigenvalue weighted by Gasteiger charge is -2.05. The van der Waals surface area contributed by atoms with Crippen molar-refractivity contribution in [1.82, 2.24) is 15.3 Å². The minimum Gasteiger partial charge on any atom is -0.396 e. The first-order valence-corrected chi connectivity index (χ1v) is 6.23. The number of hydrogen-bond acceptors (Lipinski definition) is 5. The molecule has 0 aliphatic heterocycles. The van der Waals surface area contributed by atoms with Gasteiger partial charge in [0.25, 0.3) is 0 Å².